The van der Waals surface area contributed by atoms with E-state index in [4.69, 9.17) is 16.6 Å². The summed E-state index contributed by atoms with van der Waals surface area (Å²) in [7, 11) is 0. The molecule has 3 rings (SSSR count). The molecule has 0 bridgehead atoms. The smallest absolute Gasteiger partial charge is 0.124 e. The van der Waals surface area contributed by atoms with Gasteiger partial charge in [-0.15, -0.1) is 22.9 Å². The molecule has 1 nitrogen and oxygen atoms in total. The molecule has 0 aliphatic carbocycles. The summed E-state index contributed by atoms with van der Waals surface area (Å²) in [5.41, 5.74) is 7.14. The number of nitrogens with zero attached hydrogens (tertiary/aromatic N) is 1. The van der Waals surface area contributed by atoms with E-state index in [9.17, 15) is 0 Å². The molecule has 0 saturated heterocycles. The minimum absolute atomic E-state index is 0.492. The van der Waals surface area contributed by atoms with Crippen molar-refractivity contribution in [2.45, 2.75) is 26.7 Å². The third-order valence-electron chi connectivity index (χ3n) is 3.90. The zero-order chi connectivity index (χ0) is 15.7. The molecule has 0 amide bonds. The van der Waals surface area contributed by atoms with Gasteiger partial charge in [-0.3, -0.25) is 0 Å². The number of hydrogen-bond donors (Lipinski definition) is 0. The maximum atomic E-state index is 6.15. The minimum atomic E-state index is 0.492. The number of hydrogen-bond acceptors (Lipinski definition) is 2. The predicted molar refractivity (Wildman–Crippen MR) is 96.8 cm³/mol. The molecule has 0 fully saturated rings. The Morgan fingerprint density at radius 2 is 1.59 bits per heavy atom. The van der Waals surface area contributed by atoms with Gasteiger partial charge in [-0.05, 0) is 38.0 Å². The van der Waals surface area contributed by atoms with Crippen molar-refractivity contribution in [2.24, 2.45) is 0 Å². The normalized spacial score (nSPS) is 10.9. The van der Waals surface area contributed by atoms with E-state index in [1.807, 2.05) is 0 Å². The van der Waals surface area contributed by atoms with Crippen molar-refractivity contribution in [1.82, 2.24) is 4.98 Å². The van der Waals surface area contributed by atoms with Crippen LogP contribution in [-0.2, 0) is 5.88 Å². The van der Waals surface area contributed by atoms with Gasteiger partial charge in [0.15, 0.2) is 0 Å². The van der Waals surface area contributed by atoms with Crippen LogP contribution in [0, 0.1) is 20.8 Å². The number of benzene rings is 2. The molecule has 1 aromatic heterocycles. The van der Waals surface area contributed by atoms with Crippen molar-refractivity contribution in [3.8, 4) is 21.8 Å². The van der Waals surface area contributed by atoms with Gasteiger partial charge < -0.3 is 0 Å². The molecule has 1 heterocycles. The number of aromatic nitrogens is 1. The van der Waals surface area contributed by atoms with E-state index in [0.717, 1.165) is 26.7 Å². The molecule has 0 N–H and O–H groups in total. The van der Waals surface area contributed by atoms with Crippen molar-refractivity contribution in [3.05, 3.63) is 64.0 Å². The predicted octanol–water partition coefficient (Wildman–Crippen LogP) is 6.14. The van der Waals surface area contributed by atoms with Gasteiger partial charge in [0.2, 0.25) is 0 Å². The average Bonchev–Trinajstić information content (AvgIpc) is 2.95. The van der Waals surface area contributed by atoms with Gasteiger partial charge in [0.25, 0.3) is 0 Å². The Morgan fingerprint density at radius 3 is 2.23 bits per heavy atom. The molecule has 0 aliphatic heterocycles. The number of halogens is 1. The van der Waals surface area contributed by atoms with E-state index in [1.54, 1.807) is 11.3 Å². The first-order valence-corrected chi connectivity index (χ1v) is 8.64. The Hall–Kier alpha value is -1.64. The minimum Gasteiger partial charge on any atom is -0.236 e. The second kappa shape index (κ2) is 6.23. The Bertz CT molecular complexity index is 803. The molecular weight excluding hydrogens is 310 g/mol. The molecule has 0 saturated carbocycles. The molecule has 0 aliphatic rings. The second-order valence-corrected chi connectivity index (χ2v) is 6.94. The third-order valence-corrected chi connectivity index (χ3v) is 5.43. The number of thiazole rings is 1. The third kappa shape index (κ3) is 2.94. The van der Waals surface area contributed by atoms with Crippen LogP contribution in [-0.4, -0.2) is 4.98 Å². The van der Waals surface area contributed by atoms with E-state index >= 15 is 0 Å². The lowest BCUT2D eigenvalue weighted by Crippen LogP contribution is -1.87. The lowest BCUT2D eigenvalue weighted by atomic mass is 10.0. The fourth-order valence-corrected chi connectivity index (χ4v) is 3.61. The highest BCUT2D eigenvalue weighted by molar-refractivity contribution is 7.15. The van der Waals surface area contributed by atoms with Crippen LogP contribution in [0.5, 0.6) is 0 Å². The molecule has 0 unspecified atom stereocenters. The van der Waals surface area contributed by atoms with Gasteiger partial charge in [-0.2, -0.15) is 0 Å². The number of aryl methyl sites for hydroxylation is 3. The molecular formula is C19H18ClNS. The summed E-state index contributed by atoms with van der Waals surface area (Å²) in [5.74, 6) is 0.492. The molecule has 3 aromatic rings. The van der Waals surface area contributed by atoms with E-state index < -0.39 is 0 Å². The lowest BCUT2D eigenvalue weighted by Gasteiger charge is -2.04. The number of alkyl halides is 1. The molecule has 3 heteroatoms. The highest BCUT2D eigenvalue weighted by atomic mass is 35.5. The monoisotopic (exact) mass is 327 g/mol. The fraction of sp³-hybridized carbons (Fsp3) is 0.211. The van der Waals surface area contributed by atoms with Crippen molar-refractivity contribution in [2.75, 3.05) is 0 Å². The van der Waals surface area contributed by atoms with Crippen LogP contribution in [0.2, 0.25) is 0 Å². The van der Waals surface area contributed by atoms with Crippen molar-refractivity contribution < 1.29 is 0 Å². The molecule has 22 heavy (non-hydrogen) atoms. The molecule has 0 atom stereocenters. The Morgan fingerprint density at radius 1 is 0.909 bits per heavy atom. The lowest BCUT2D eigenvalue weighted by molar-refractivity contribution is 1.31. The van der Waals surface area contributed by atoms with Gasteiger partial charge in [-0.25, -0.2) is 4.98 Å². The first kappa shape index (κ1) is 15.3. The zero-order valence-electron chi connectivity index (χ0n) is 13.0. The van der Waals surface area contributed by atoms with E-state index in [1.165, 1.54) is 16.7 Å². The van der Waals surface area contributed by atoms with E-state index in [2.05, 4.69) is 63.2 Å². The van der Waals surface area contributed by atoms with Crippen LogP contribution in [0.4, 0.5) is 0 Å². The summed E-state index contributed by atoms with van der Waals surface area (Å²) < 4.78 is 0. The Balaban J connectivity index is 2.08. The SMILES string of the molecule is Cc1ccc(-c2nc(-c3ccc(C)c(C)c3)c(CCl)s2)cc1. The maximum Gasteiger partial charge on any atom is 0.124 e. The Labute approximate surface area is 140 Å². The second-order valence-electron chi connectivity index (χ2n) is 5.59. The van der Waals surface area contributed by atoms with Crippen LogP contribution in [0.1, 0.15) is 21.6 Å². The molecule has 112 valence electrons. The first-order valence-electron chi connectivity index (χ1n) is 7.29. The maximum absolute atomic E-state index is 6.15. The standard InChI is InChI=1S/C19H18ClNS/c1-12-4-7-15(8-5-12)19-21-18(17(11-20)22-19)16-9-6-13(2)14(3)10-16/h4-10H,11H2,1-3H3. The summed E-state index contributed by atoms with van der Waals surface area (Å²) in [6.07, 6.45) is 0. The summed E-state index contributed by atoms with van der Waals surface area (Å²) >= 11 is 7.83. The van der Waals surface area contributed by atoms with Crippen LogP contribution in [0.15, 0.2) is 42.5 Å². The van der Waals surface area contributed by atoms with Crippen LogP contribution < -0.4 is 0 Å². The van der Waals surface area contributed by atoms with Gasteiger partial charge in [-0.1, -0.05) is 42.0 Å². The zero-order valence-corrected chi connectivity index (χ0v) is 14.6. The summed E-state index contributed by atoms with van der Waals surface area (Å²) in [5, 5.41) is 1.03. The molecule has 0 radical (unpaired) electrons. The van der Waals surface area contributed by atoms with E-state index in [-0.39, 0.29) is 0 Å². The molecule has 2 aromatic carbocycles. The van der Waals surface area contributed by atoms with Crippen molar-refractivity contribution in [3.63, 3.8) is 0 Å². The largest absolute Gasteiger partial charge is 0.236 e. The van der Waals surface area contributed by atoms with Crippen LogP contribution in [0.25, 0.3) is 21.8 Å². The fourth-order valence-electron chi connectivity index (χ4n) is 2.38. The van der Waals surface area contributed by atoms with Gasteiger partial charge in [0.05, 0.1) is 11.6 Å². The molecule has 0 spiro atoms. The van der Waals surface area contributed by atoms with Crippen LogP contribution >= 0.6 is 22.9 Å². The van der Waals surface area contributed by atoms with Crippen LogP contribution in [0.3, 0.4) is 0 Å². The van der Waals surface area contributed by atoms with Crippen molar-refractivity contribution >= 4 is 22.9 Å². The highest BCUT2D eigenvalue weighted by Gasteiger charge is 2.14. The average molecular weight is 328 g/mol. The van der Waals surface area contributed by atoms with Gasteiger partial charge >= 0.3 is 0 Å². The van der Waals surface area contributed by atoms with Gasteiger partial charge in [0.1, 0.15) is 5.01 Å². The highest BCUT2D eigenvalue weighted by Crippen LogP contribution is 2.35. The Kier molecular flexibility index (Phi) is 4.32. The number of rotatable bonds is 3. The van der Waals surface area contributed by atoms with Gasteiger partial charge in [0, 0.05) is 16.0 Å². The first-order chi connectivity index (χ1) is 10.6. The summed E-state index contributed by atoms with van der Waals surface area (Å²) in [6, 6.07) is 14.9. The summed E-state index contributed by atoms with van der Waals surface area (Å²) in [4.78, 5) is 5.98. The van der Waals surface area contributed by atoms with E-state index in [0.29, 0.717) is 5.88 Å². The summed E-state index contributed by atoms with van der Waals surface area (Å²) in [6.45, 7) is 6.35. The topological polar surface area (TPSA) is 12.9 Å². The van der Waals surface area contributed by atoms with Crippen molar-refractivity contribution in [1.29, 1.82) is 0 Å². The quantitative estimate of drug-likeness (QED) is 0.526.